The Morgan fingerprint density at radius 3 is 2.45 bits per heavy atom. The van der Waals surface area contributed by atoms with Crippen LogP contribution >= 0.6 is 11.3 Å². The number of hydrogen-bond acceptors (Lipinski definition) is 7. The molecule has 1 aromatic carbocycles. The molecule has 1 amide bonds. The Bertz CT molecular complexity index is 1170. The number of halogens is 2. The number of piperidine rings is 1. The van der Waals surface area contributed by atoms with Crippen LogP contribution in [-0.2, 0) is 4.79 Å². The quantitative estimate of drug-likeness (QED) is 0.421. The number of amides is 1. The molecule has 1 aliphatic heterocycles. The van der Waals surface area contributed by atoms with Gasteiger partial charge in [0.25, 0.3) is 0 Å². The molecule has 10 heteroatoms. The van der Waals surface area contributed by atoms with E-state index in [1.165, 1.54) is 6.07 Å². The maximum atomic E-state index is 14.0. The number of carbonyl (C=O) groups is 2. The molecular formula is C23H21F2N5O2S. The number of thiazole rings is 1. The smallest absolute Gasteiger partial charge is 0.246 e. The lowest BCUT2D eigenvalue weighted by Crippen LogP contribution is -2.41. The van der Waals surface area contributed by atoms with E-state index < -0.39 is 23.0 Å². The van der Waals surface area contributed by atoms with Crippen molar-refractivity contribution in [2.45, 2.75) is 18.9 Å². The van der Waals surface area contributed by atoms with Crippen LogP contribution in [0.15, 0.2) is 48.8 Å². The number of nitrogen functional groups attached to an aromatic ring is 1. The molecule has 1 fully saturated rings. The Kier molecular flexibility index (Phi) is 6.74. The third kappa shape index (κ3) is 5.23. The van der Waals surface area contributed by atoms with Crippen LogP contribution in [0.3, 0.4) is 0 Å². The van der Waals surface area contributed by atoms with Crippen LogP contribution in [0.1, 0.15) is 33.6 Å². The summed E-state index contributed by atoms with van der Waals surface area (Å²) >= 11 is 0.959. The maximum absolute atomic E-state index is 14.0. The second-order valence-corrected chi connectivity index (χ2v) is 8.52. The van der Waals surface area contributed by atoms with Crippen molar-refractivity contribution in [3.05, 3.63) is 76.4 Å². The molecule has 0 aliphatic carbocycles. The second kappa shape index (κ2) is 9.86. The molecule has 2 aromatic heterocycles. The molecule has 0 radical (unpaired) electrons. The van der Waals surface area contributed by atoms with Crippen molar-refractivity contribution in [2.24, 2.45) is 0 Å². The number of anilines is 2. The van der Waals surface area contributed by atoms with E-state index in [4.69, 9.17) is 5.73 Å². The number of nitrogens with one attached hydrogen (secondary N) is 1. The predicted octanol–water partition coefficient (Wildman–Crippen LogP) is 3.75. The van der Waals surface area contributed by atoms with E-state index in [-0.39, 0.29) is 22.6 Å². The summed E-state index contributed by atoms with van der Waals surface area (Å²) in [7, 11) is 0. The van der Waals surface area contributed by atoms with Gasteiger partial charge in [-0.1, -0.05) is 17.4 Å². The van der Waals surface area contributed by atoms with E-state index in [2.05, 4.69) is 15.3 Å². The number of likely N-dealkylation sites (tertiary alicyclic amines) is 1. The molecular weight excluding hydrogens is 448 g/mol. The summed E-state index contributed by atoms with van der Waals surface area (Å²) in [6.07, 6.45) is 7.99. The SMILES string of the molecule is Nc1nc(NC2CCN(C(=O)C=Cc3ccncc3)CC2)sc1C(=O)c1c(F)cccc1F. The molecule has 170 valence electrons. The van der Waals surface area contributed by atoms with Crippen LogP contribution in [0.25, 0.3) is 6.08 Å². The van der Waals surface area contributed by atoms with E-state index in [0.29, 0.717) is 31.1 Å². The number of benzene rings is 1. The number of aromatic nitrogens is 2. The fourth-order valence-corrected chi connectivity index (χ4v) is 4.46. The van der Waals surface area contributed by atoms with Crippen molar-refractivity contribution in [1.29, 1.82) is 0 Å². The van der Waals surface area contributed by atoms with Crippen LogP contribution in [0, 0.1) is 11.6 Å². The zero-order chi connectivity index (χ0) is 23.4. The van der Waals surface area contributed by atoms with Crippen LogP contribution in [0.2, 0.25) is 0 Å². The highest BCUT2D eigenvalue weighted by Gasteiger charge is 2.26. The number of carbonyl (C=O) groups excluding carboxylic acids is 2. The van der Waals surface area contributed by atoms with Crippen LogP contribution < -0.4 is 11.1 Å². The summed E-state index contributed by atoms with van der Waals surface area (Å²) < 4.78 is 28.0. The summed E-state index contributed by atoms with van der Waals surface area (Å²) in [6.45, 7) is 1.12. The van der Waals surface area contributed by atoms with Crippen molar-refractivity contribution >= 4 is 40.1 Å². The fraction of sp³-hybridized carbons (Fsp3) is 0.217. The summed E-state index contributed by atoms with van der Waals surface area (Å²) in [5.74, 6) is -2.88. The summed E-state index contributed by atoms with van der Waals surface area (Å²) in [5.41, 5.74) is 6.11. The van der Waals surface area contributed by atoms with Crippen LogP contribution in [0.4, 0.5) is 19.7 Å². The lowest BCUT2D eigenvalue weighted by molar-refractivity contribution is -0.126. The van der Waals surface area contributed by atoms with Gasteiger partial charge < -0.3 is 16.0 Å². The number of hydrogen-bond donors (Lipinski definition) is 2. The molecule has 3 aromatic rings. The first-order valence-corrected chi connectivity index (χ1v) is 11.1. The van der Waals surface area contributed by atoms with Gasteiger partial charge in [-0.15, -0.1) is 0 Å². The molecule has 4 rings (SSSR count). The lowest BCUT2D eigenvalue weighted by atomic mass is 10.1. The molecule has 7 nitrogen and oxygen atoms in total. The fourth-order valence-electron chi connectivity index (χ4n) is 3.55. The van der Waals surface area contributed by atoms with Gasteiger partial charge in [-0.3, -0.25) is 14.6 Å². The zero-order valence-corrected chi connectivity index (χ0v) is 18.3. The summed E-state index contributed by atoms with van der Waals surface area (Å²) in [5, 5.41) is 3.62. The maximum Gasteiger partial charge on any atom is 0.246 e. The molecule has 0 spiro atoms. The topological polar surface area (TPSA) is 101 Å². The summed E-state index contributed by atoms with van der Waals surface area (Å²) in [6, 6.07) is 6.90. The van der Waals surface area contributed by atoms with Gasteiger partial charge in [0.15, 0.2) is 5.13 Å². The molecule has 3 N–H and O–H groups in total. The number of nitrogens with two attached hydrogens (primary N) is 1. The highest BCUT2D eigenvalue weighted by Crippen LogP contribution is 2.30. The van der Waals surface area contributed by atoms with E-state index in [0.717, 1.165) is 29.0 Å². The Hall–Kier alpha value is -3.66. The van der Waals surface area contributed by atoms with Gasteiger partial charge in [-0.05, 0) is 48.7 Å². The molecule has 3 heterocycles. The normalized spacial score (nSPS) is 14.5. The van der Waals surface area contributed by atoms with Gasteiger partial charge in [-0.25, -0.2) is 13.8 Å². The first kappa shape index (κ1) is 22.5. The van der Waals surface area contributed by atoms with E-state index in [1.54, 1.807) is 29.4 Å². The summed E-state index contributed by atoms with van der Waals surface area (Å²) in [4.78, 5) is 34.9. The largest absolute Gasteiger partial charge is 0.382 e. The van der Waals surface area contributed by atoms with E-state index >= 15 is 0 Å². The van der Waals surface area contributed by atoms with Crippen LogP contribution in [0.5, 0.6) is 0 Å². The number of nitrogens with zero attached hydrogens (tertiary/aromatic N) is 3. The first-order valence-electron chi connectivity index (χ1n) is 10.3. The molecule has 0 unspecified atom stereocenters. The Morgan fingerprint density at radius 2 is 1.79 bits per heavy atom. The minimum Gasteiger partial charge on any atom is -0.382 e. The minimum atomic E-state index is -0.947. The molecule has 1 saturated heterocycles. The standard InChI is InChI=1S/C23H21F2N5O2S/c24-16-2-1-3-17(25)19(16)20(32)21-22(26)29-23(33-21)28-15-8-12-30(13-9-15)18(31)5-4-14-6-10-27-11-7-14/h1-7,10-11,15H,8-9,12-13,26H2,(H,28,29). The minimum absolute atomic E-state index is 0.0182. The molecule has 33 heavy (non-hydrogen) atoms. The number of rotatable bonds is 6. The molecule has 0 saturated carbocycles. The third-order valence-electron chi connectivity index (χ3n) is 5.31. The Labute approximate surface area is 193 Å². The third-order valence-corrected chi connectivity index (χ3v) is 6.31. The van der Waals surface area contributed by atoms with Crippen molar-refractivity contribution in [1.82, 2.24) is 14.9 Å². The molecule has 0 atom stereocenters. The Morgan fingerprint density at radius 1 is 1.12 bits per heavy atom. The van der Waals surface area contributed by atoms with Crippen molar-refractivity contribution in [3.63, 3.8) is 0 Å². The zero-order valence-electron chi connectivity index (χ0n) is 17.5. The van der Waals surface area contributed by atoms with Gasteiger partial charge in [-0.2, -0.15) is 0 Å². The van der Waals surface area contributed by atoms with E-state index in [9.17, 15) is 18.4 Å². The average Bonchev–Trinajstić information content (AvgIpc) is 3.18. The van der Waals surface area contributed by atoms with Gasteiger partial charge >= 0.3 is 0 Å². The van der Waals surface area contributed by atoms with Crippen LogP contribution in [-0.4, -0.2) is 45.7 Å². The predicted molar refractivity (Wildman–Crippen MR) is 123 cm³/mol. The highest BCUT2D eigenvalue weighted by molar-refractivity contribution is 7.18. The average molecular weight is 470 g/mol. The van der Waals surface area contributed by atoms with Gasteiger partial charge in [0, 0.05) is 37.6 Å². The van der Waals surface area contributed by atoms with Crippen molar-refractivity contribution < 1.29 is 18.4 Å². The number of pyridine rings is 1. The van der Waals surface area contributed by atoms with Gasteiger partial charge in [0.1, 0.15) is 22.3 Å². The second-order valence-electron chi connectivity index (χ2n) is 7.52. The van der Waals surface area contributed by atoms with Gasteiger partial charge in [0.2, 0.25) is 11.7 Å². The van der Waals surface area contributed by atoms with E-state index in [1.807, 2.05) is 12.1 Å². The first-order chi connectivity index (χ1) is 15.9. The molecule has 0 bridgehead atoms. The highest BCUT2D eigenvalue weighted by atomic mass is 32.1. The lowest BCUT2D eigenvalue weighted by Gasteiger charge is -2.31. The van der Waals surface area contributed by atoms with Crippen molar-refractivity contribution in [2.75, 3.05) is 24.1 Å². The van der Waals surface area contributed by atoms with Gasteiger partial charge in [0.05, 0.1) is 5.56 Å². The monoisotopic (exact) mass is 469 g/mol. The number of ketones is 1. The van der Waals surface area contributed by atoms with Crippen molar-refractivity contribution in [3.8, 4) is 0 Å². The Balaban J connectivity index is 1.35. The molecule has 1 aliphatic rings.